The number of para-hydroxylation sites is 1. The van der Waals surface area contributed by atoms with Gasteiger partial charge in [0.1, 0.15) is 5.69 Å². The van der Waals surface area contributed by atoms with Gasteiger partial charge in [-0.05, 0) is 25.8 Å². The van der Waals surface area contributed by atoms with Crippen LogP contribution >= 0.6 is 0 Å². The standard InChI is InChI=1S/C19H23N3O4/c1-2-26-15(23)12-19(10-6-3-7-11-19)22-17(24)16-13-8-4-5-9-14(13)20-18(25)21-16/h4-5,8-9H,2-3,6-7,10-12H2,1H3,(H,22,24)(H,20,21,25). The third-order valence-corrected chi connectivity index (χ3v) is 4.83. The minimum atomic E-state index is -0.646. The number of carbonyl (C=O) groups excluding carboxylic acids is 2. The van der Waals surface area contributed by atoms with E-state index in [1.807, 2.05) is 0 Å². The summed E-state index contributed by atoms with van der Waals surface area (Å²) in [6, 6.07) is 7.04. The van der Waals surface area contributed by atoms with Crippen LogP contribution in [0.2, 0.25) is 0 Å². The van der Waals surface area contributed by atoms with Crippen molar-refractivity contribution in [2.45, 2.75) is 51.0 Å². The van der Waals surface area contributed by atoms with Crippen molar-refractivity contribution < 1.29 is 14.3 Å². The SMILES string of the molecule is CCOC(=O)CC1(NC(=O)c2nc(=O)[nH]c3ccccc23)CCCCC1. The summed E-state index contributed by atoms with van der Waals surface area (Å²) in [5.74, 6) is -0.753. The van der Waals surface area contributed by atoms with Crippen molar-refractivity contribution in [3.8, 4) is 0 Å². The Kier molecular flexibility index (Phi) is 5.35. The summed E-state index contributed by atoms with van der Waals surface area (Å²) in [6.07, 6.45) is 4.49. The Balaban J connectivity index is 1.91. The monoisotopic (exact) mass is 357 g/mol. The molecule has 0 spiro atoms. The van der Waals surface area contributed by atoms with Gasteiger partial charge >= 0.3 is 11.7 Å². The lowest BCUT2D eigenvalue weighted by molar-refractivity contribution is -0.145. The first-order valence-corrected chi connectivity index (χ1v) is 9.00. The number of aromatic amines is 1. The third-order valence-electron chi connectivity index (χ3n) is 4.83. The number of H-pyrrole nitrogens is 1. The van der Waals surface area contributed by atoms with Crippen LogP contribution in [0.1, 0.15) is 55.9 Å². The lowest BCUT2D eigenvalue weighted by Gasteiger charge is -2.37. The van der Waals surface area contributed by atoms with Crippen molar-refractivity contribution in [1.29, 1.82) is 0 Å². The number of esters is 1. The van der Waals surface area contributed by atoms with E-state index in [-0.39, 0.29) is 18.1 Å². The van der Waals surface area contributed by atoms with Crippen LogP contribution < -0.4 is 11.0 Å². The van der Waals surface area contributed by atoms with Gasteiger partial charge in [-0.3, -0.25) is 9.59 Å². The fraction of sp³-hybridized carbons (Fsp3) is 0.474. The Morgan fingerprint density at radius 3 is 2.69 bits per heavy atom. The van der Waals surface area contributed by atoms with Gasteiger partial charge in [0.15, 0.2) is 0 Å². The van der Waals surface area contributed by atoms with Gasteiger partial charge in [0, 0.05) is 5.39 Å². The van der Waals surface area contributed by atoms with Crippen LogP contribution in [-0.2, 0) is 9.53 Å². The molecule has 2 N–H and O–H groups in total. The molecule has 138 valence electrons. The van der Waals surface area contributed by atoms with Gasteiger partial charge in [0.25, 0.3) is 5.91 Å². The number of rotatable bonds is 5. The maximum atomic E-state index is 12.9. The maximum absolute atomic E-state index is 12.9. The molecule has 0 bridgehead atoms. The highest BCUT2D eigenvalue weighted by Gasteiger charge is 2.37. The van der Waals surface area contributed by atoms with Crippen molar-refractivity contribution in [2.75, 3.05) is 6.61 Å². The topological polar surface area (TPSA) is 101 Å². The number of benzene rings is 1. The zero-order valence-corrected chi connectivity index (χ0v) is 14.8. The van der Waals surface area contributed by atoms with Gasteiger partial charge in [-0.15, -0.1) is 0 Å². The predicted octanol–water partition coefficient (Wildman–Crippen LogP) is 2.31. The van der Waals surface area contributed by atoms with Crippen LogP contribution in [0.5, 0.6) is 0 Å². The van der Waals surface area contributed by atoms with Crippen LogP contribution in [-0.4, -0.2) is 34.0 Å². The molecule has 0 aliphatic heterocycles. The molecule has 7 heteroatoms. The largest absolute Gasteiger partial charge is 0.466 e. The molecule has 3 rings (SSSR count). The zero-order valence-electron chi connectivity index (χ0n) is 14.8. The van der Waals surface area contributed by atoms with Crippen molar-refractivity contribution in [1.82, 2.24) is 15.3 Å². The first-order chi connectivity index (χ1) is 12.5. The molecule has 0 unspecified atom stereocenters. The van der Waals surface area contributed by atoms with E-state index in [1.54, 1.807) is 31.2 Å². The number of fused-ring (bicyclic) bond motifs is 1. The normalized spacial score (nSPS) is 16.2. The molecule has 1 aromatic carbocycles. The fourth-order valence-electron chi connectivity index (χ4n) is 3.64. The first-order valence-electron chi connectivity index (χ1n) is 9.00. The molecule has 2 aromatic rings. The van der Waals surface area contributed by atoms with Crippen LogP contribution in [0.4, 0.5) is 0 Å². The van der Waals surface area contributed by atoms with Gasteiger partial charge in [-0.1, -0.05) is 37.5 Å². The molecule has 1 aromatic heterocycles. The van der Waals surface area contributed by atoms with E-state index in [4.69, 9.17) is 4.74 Å². The molecule has 1 heterocycles. The number of aromatic nitrogens is 2. The minimum Gasteiger partial charge on any atom is -0.466 e. The molecule has 0 radical (unpaired) electrons. The van der Waals surface area contributed by atoms with E-state index in [1.165, 1.54) is 0 Å². The second kappa shape index (κ2) is 7.68. The highest BCUT2D eigenvalue weighted by Crippen LogP contribution is 2.32. The average molecular weight is 357 g/mol. The Hall–Kier alpha value is -2.70. The smallest absolute Gasteiger partial charge is 0.346 e. The second-order valence-corrected chi connectivity index (χ2v) is 6.71. The van der Waals surface area contributed by atoms with Crippen molar-refractivity contribution >= 4 is 22.8 Å². The van der Waals surface area contributed by atoms with Crippen LogP contribution in [0.15, 0.2) is 29.1 Å². The summed E-state index contributed by atoms with van der Waals surface area (Å²) in [5.41, 5.74) is -0.580. The van der Waals surface area contributed by atoms with Gasteiger partial charge < -0.3 is 15.0 Å². The lowest BCUT2D eigenvalue weighted by Crippen LogP contribution is -2.51. The van der Waals surface area contributed by atoms with E-state index >= 15 is 0 Å². The molecule has 1 aliphatic carbocycles. The summed E-state index contributed by atoms with van der Waals surface area (Å²) in [4.78, 5) is 43.3. The van der Waals surface area contributed by atoms with Crippen molar-refractivity contribution in [2.24, 2.45) is 0 Å². The van der Waals surface area contributed by atoms with Gasteiger partial charge in [-0.25, -0.2) is 4.79 Å². The summed E-state index contributed by atoms with van der Waals surface area (Å²) < 4.78 is 5.09. The molecule has 26 heavy (non-hydrogen) atoms. The maximum Gasteiger partial charge on any atom is 0.346 e. The number of nitrogens with zero attached hydrogens (tertiary/aromatic N) is 1. The van der Waals surface area contributed by atoms with Crippen molar-refractivity contribution in [3.05, 3.63) is 40.4 Å². The van der Waals surface area contributed by atoms with Gasteiger partial charge in [-0.2, -0.15) is 4.98 Å². The molecule has 1 fully saturated rings. The van der Waals surface area contributed by atoms with E-state index in [0.717, 1.165) is 19.3 Å². The summed E-state index contributed by atoms with van der Waals surface area (Å²) in [5, 5.41) is 3.58. The summed E-state index contributed by atoms with van der Waals surface area (Å²) in [7, 11) is 0. The van der Waals surface area contributed by atoms with Crippen LogP contribution in [0, 0.1) is 0 Å². The Morgan fingerprint density at radius 2 is 1.96 bits per heavy atom. The van der Waals surface area contributed by atoms with Crippen LogP contribution in [0.25, 0.3) is 10.9 Å². The number of ether oxygens (including phenoxy) is 1. The van der Waals surface area contributed by atoms with Gasteiger partial charge in [0.2, 0.25) is 0 Å². The van der Waals surface area contributed by atoms with E-state index in [9.17, 15) is 14.4 Å². The highest BCUT2D eigenvalue weighted by molar-refractivity contribution is 6.04. The Labute approximate surface area is 151 Å². The molecular weight excluding hydrogens is 334 g/mol. The van der Waals surface area contributed by atoms with Gasteiger partial charge in [0.05, 0.1) is 24.1 Å². The molecule has 1 aliphatic rings. The number of carbonyl (C=O) groups is 2. The number of hydrogen-bond acceptors (Lipinski definition) is 5. The van der Waals surface area contributed by atoms with Crippen LogP contribution in [0.3, 0.4) is 0 Å². The summed E-state index contributed by atoms with van der Waals surface area (Å²) in [6.45, 7) is 2.07. The number of nitrogens with one attached hydrogen (secondary N) is 2. The molecule has 0 saturated heterocycles. The third kappa shape index (κ3) is 3.92. The van der Waals surface area contributed by atoms with E-state index in [0.29, 0.717) is 30.4 Å². The quantitative estimate of drug-likeness (QED) is 0.800. The number of amides is 1. The van der Waals surface area contributed by atoms with Crippen molar-refractivity contribution in [3.63, 3.8) is 0 Å². The molecule has 0 atom stereocenters. The molecule has 1 amide bonds. The summed E-state index contributed by atoms with van der Waals surface area (Å²) >= 11 is 0. The van der Waals surface area contributed by atoms with E-state index in [2.05, 4.69) is 15.3 Å². The molecular formula is C19H23N3O4. The lowest BCUT2D eigenvalue weighted by atomic mass is 9.79. The first kappa shape index (κ1) is 18.1. The minimum absolute atomic E-state index is 0.0816. The highest BCUT2D eigenvalue weighted by atomic mass is 16.5. The Bertz CT molecular complexity index is 868. The average Bonchev–Trinajstić information content (AvgIpc) is 2.61. The molecule has 1 saturated carbocycles. The fourth-order valence-corrected chi connectivity index (χ4v) is 3.64. The zero-order chi connectivity index (χ0) is 18.6. The molecule has 7 nitrogen and oxygen atoms in total. The predicted molar refractivity (Wildman–Crippen MR) is 96.9 cm³/mol. The van der Waals surface area contributed by atoms with E-state index < -0.39 is 17.1 Å². The number of hydrogen-bond donors (Lipinski definition) is 2. The Morgan fingerprint density at radius 1 is 1.23 bits per heavy atom. The second-order valence-electron chi connectivity index (χ2n) is 6.71.